The molecule has 0 aliphatic carbocycles. The summed E-state index contributed by atoms with van der Waals surface area (Å²) < 4.78 is 35.2. The van der Waals surface area contributed by atoms with Gasteiger partial charge in [0, 0.05) is 37.2 Å². The van der Waals surface area contributed by atoms with Gasteiger partial charge in [-0.05, 0) is 59.7 Å². The summed E-state index contributed by atoms with van der Waals surface area (Å²) in [6.07, 6.45) is 7.79. The number of tetrazole rings is 1. The lowest BCUT2D eigenvalue weighted by Gasteiger charge is -2.31. The van der Waals surface area contributed by atoms with Crippen molar-refractivity contribution in [2.45, 2.75) is 26.2 Å². The van der Waals surface area contributed by atoms with Gasteiger partial charge in [0.1, 0.15) is 5.69 Å². The smallest absolute Gasteiger partial charge is 0.225 e. The van der Waals surface area contributed by atoms with Crippen LogP contribution < -0.4 is 9.64 Å². The maximum Gasteiger partial charge on any atom is 0.225 e. The van der Waals surface area contributed by atoms with Gasteiger partial charge in [0.2, 0.25) is 11.8 Å². The topological polar surface area (TPSA) is 94.7 Å². The van der Waals surface area contributed by atoms with Crippen molar-refractivity contribution >= 4 is 5.95 Å². The number of benzene rings is 1. The van der Waals surface area contributed by atoms with Crippen LogP contribution in [0.5, 0.6) is 5.75 Å². The second kappa shape index (κ2) is 10.3. The Hall–Kier alpha value is -4.02. The predicted octanol–water partition coefficient (Wildman–Crippen LogP) is 3.87. The van der Waals surface area contributed by atoms with E-state index in [1.807, 2.05) is 12.4 Å². The van der Waals surface area contributed by atoms with Crippen LogP contribution in [0.1, 0.15) is 25.3 Å². The second-order valence-corrected chi connectivity index (χ2v) is 8.79. The molecule has 5 rings (SSSR count). The highest BCUT2D eigenvalue weighted by molar-refractivity contribution is 5.65. The van der Waals surface area contributed by atoms with E-state index in [1.165, 1.54) is 23.1 Å². The van der Waals surface area contributed by atoms with Gasteiger partial charge in [-0.25, -0.2) is 18.7 Å². The maximum absolute atomic E-state index is 14.8. The molecule has 11 heteroatoms. The van der Waals surface area contributed by atoms with Gasteiger partial charge in [-0.15, -0.1) is 10.2 Å². The molecule has 0 N–H and O–H groups in total. The molecular weight excluding hydrogens is 466 g/mol. The first kappa shape index (κ1) is 23.7. The van der Waals surface area contributed by atoms with Crippen LogP contribution >= 0.6 is 0 Å². The van der Waals surface area contributed by atoms with Crippen LogP contribution in [0.3, 0.4) is 0 Å². The zero-order valence-electron chi connectivity index (χ0n) is 20.1. The number of hydrogen-bond donors (Lipinski definition) is 0. The van der Waals surface area contributed by atoms with Crippen LogP contribution in [0.4, 0.5) is 14.7 Å². The van der Waals surface area contributed by atoms with E-state index in [2.05, 4.69) is 42.2 Å². The van der Waals surface area contributed by atoms with Crippen molar-refractivity contribution in [1.82, 2.24) is 35.2 Å². The van der Waals surface area contributed by atoms with Gasteiger partial charge in [-0.2, -0.15) is 4.80 Å². The molecule has 9 nitrogen and oxygen atoms in total. The fourth-order valence-electron chi connectivity index (χ4n) is 4.14. The third-order valence-corrected chi connectivity index (χ3v) is 6.29. The lowest BCUT2D eigenvalue weighted by Crippen LogP contribution is -2.36. The quantitative estimate of drug-likeness (QED) is 0.384. The number of aromatic nitrogens is 7. The van der Waals surface area contributed by atoms with Crippen LogP contribution in [-0.2, 0) is 13.5 Å². The Labute approximate surface area is 207 Å². The summed E-state index contributed by atoms with van der Waals surface area (Å²) in [5.74, 6) is -0.556. The minimum Gasteiger partial charge on any atom is -0.487 e. The molecule has 36 heavy (non-hydrogen) atoms. The molecule has 0 amide bonds. The van der Waals surface area contributed by atoms with E-state index in [0.29, 0.717) is 22.6 Å². The van der Waals surface area contributed by atoms with E-state index < -0.39 is 11.6 Å². The number of aryl methyl sites for hydroxylation is 2. The van der Waals surface area contributed by atoms with Crippen molar-refractivity contribution in [2.75, 3.05) is 24.6 Å². The highest BCUT2D eigenvalue weighted by Crippen LogP contribution is 2.30. The molecule has 0 unspecified atom stereocenters. The molecule has 0 radical (unpaired) electrons. The van der Waals surface area contributed by atoms with E-state index in [0.717, 1.165) is 43.9 Å². The number of nitrogens with zero attached hydrogens (tertiary/aromatic N) is 8. The lowest BCUT2D eigenvalue weighted by atomic mass is 9.98. The number of pyridine rings is 1. The predicted molar refractivity (Wildman–Crippen MR) is 129 cm³/mol. The zero-order valence-corrected chi connectivity index (χ0v) is 20.1. The van der Waals surface area contributed by atoms with Crippen molar-refractivity contribution in [3.63, 3.8) is 0 Å². The summed E-state index contributed by atoms with van der Waals surface area (Å²) in [5.41, 5.74) is 2.55. The lowest BCUT2D eigenvalue weighted by molar-refractivity contribution is 0.207. The second-order valence-electron chi connectivity index (χ2n) is 8.79. The monoisotopic (exact) mass is 492 g/mol. The minimum absolute atomic E-state index is 0.195. The highest BCUT2D eigenvalue weighted by Gasteiger charge is 2.23. The van der Waals surface area contributed by atoms with Crippen molar-refractivity contribution in [1.29, 1.82) is 0 Å². The van der Waals surface area contributed by atoms with Gasteiger partial charge in [0.25, 0.3) is 0 Å². The molecule has 1 aromatic carbocycles. The van der Waals surface area contributed by atoms with Crippen LogP contribution in [-0.4, -0.2) is 54.9 Å². The first-order chi connectivity index (χ1) is 17.5. The fourth-order valence-corrected chi connectivity index (χ4v) is 4.14. The Morgan fingerprint density at radius 2 is 1.69 bits per heavy atom. The molecule has 1 fully saturated rings. The Bertz CT molecular complexity index is 1300. The van der Waals surface area contributed by atoms with Crippen molar-refractivity contribution in [3.05, 3.63) is 60.1 Å². The molecule has 0 spiro atoms. The SMILES string of the molecule is CCc1cnc(N2CCC(COc3c(F)cc(-c4ccc(-c5nnn(C)n5)nc4)cc3F)CC2)nc1. The molecular formula is C25H26F2N8O. The van der Waals surface area contributed by atoms with Crippen LogP contribution in [0.25, 0.3) is 22.6 Å². The van der Waals surface area contributed by atoms with Gasteiger partial charge in [-0.1, -0.05) is 13.0 Å². The zero-order chi connectivity index (χ0) is 25.1. The molecule has 1 aliphatic rings. The Morgan fingerprint density at radius 3 is 2.28 bits per heavy atom. The molecule has 3 aromatic heterocycles. The highest BCUT2D eigenvalue weighted by atomic mass is 19.1. The van der Waals surface area contributed by atoms with Gasteiger partial charge >= 0.3 is 0 Å². The number of halogens is 2. The summed E-state index contributed by atoms with van der Waals surface area (Å²) in [6, 6.07) is 5.91. The molecule has 186 valence electrons. The summed E-state index contributed by atoms with van der Waals surface area (Å²) in [5, 5.41) is 11.8. The number of ether oxygens (including phenoxy) is 1. The first-order valence-electron chi connectivity index (χ1n) is 11.9. The third-order valence-electron chi connectivity index (χ3n) is 6.29. The van der Waals surface area contributed by atoms with Gasteiger partial charge < -0.3 is 9.64 Å². The van der Waals surface area contributed by atoms with E-state index in [1.54, 1.807) is 19.2 Å². The molecule has 0 bridgehead atoms. The van der Waals surface area contributed by atoms with Crippen molar-refractivity contribution in [3.8, 4) is 28.4 Å². The van der Waals surface area contributed by atoms with Gasteiger partial charge in [-0.3, -0.25) is 4.98 Å². The molecule has 4 aromatic rings. The standard InChI is InChI=1S/C25H26F2N8O/c1-3-16-12-29-25(30-13-16)35-8-6-17(7-9-35)15-36-23-20(26)10-19(11-21(23)27)18-4-5-22(28-14-18)24-31-33-34(2)32-24/h4-5,10-14,17H,3,6-9,15H2,1-2H3. The molecule has 1 saturated heterocycles. The molecule has 0 saturated carbocycles. The van der Waals surface area contributed by atoms with Crippen molar-refractivity contribution in [2.24, 2.45) is 13.0 Å². The van der Waals surface area contributed by atoms with Gasteiger partial charge in [0.05, 0.1) is 13.7 Å². The van der Waals surface area contributed by atoms with E-state index in [4.69, 9.17) is 4.74 Å². The number of piperidine rings is 1. The third kappa shape index (κ3) is 5.14. The summed E-state index contributed by atoms with van der Waals surface area (Å²) in [4.78, 5) is 16.6. The number of rotatable bonds is 7. The van der Waals surface area contributed by atoms with E-state index >= 15 is 0 Å². The Kier molecular flexibility index (Phi) is 6.79. The van der Waals surface area contributed by atoms with Gasteiger partial charge in [0.15, 0.2) is 17.4 Å². The average molecular weight is 493 g/mol. The minimum atomic E-state index is -0.744. The largest absolute Gasteiger partial charge is 0.487 e. The molecule has 1 aliphatic heterocycles. The average Bonchev–Trinajstić information content (AvgIpc) is 3.35. The van der Waals surface area contributed by atoms with Crippen molar-refractivity contribution < 1.29 is 13.5 Å². The number of anilines is 1. The summed E-state index contributed by atoms with van der Waals surface area (Å²) >= 11 is 0. The molecule has 0 atom stereocenters. The summed E-state index contributed by atoms with van der Waals surface area (Å²) in [7, 11) is 1.66. The molecule has 4 heterocycles. The van der Waals surface area contributed by atoms with Crippen LogP contribution in [0, 0.1) is 17.6 Å². The Morgan fingerprint density at radius 1 is 0.972 bits per heavy atom. The maximum atomic E-state index is 14.8. The fraction of sp³-hybridized carbons (Fsp3) is 0.360. The first-order valence-corrected chi connectivity index (χ1v) is 11.9. The van der Waals surface area contributed by atoms with E-state index in [9.17, 15) is 8.78 Å². The Balaban J connectivity index is 1.19. The normalized spacial score (nSPS) is 14.3. The van der Waals surface area contributed by atoms with E-state index in [-0.39, 0.29) is 18.3 Å². The summed E-state index contributed by atoms with van der Waals surface area (Å²) in [6.45, 7) is 3.86. The van der Waals surface area contributed by atoms with Crippen LogP contribution in [0.2, 0.25) is 0 Å². The number of hydrogen-bond acceptors (Lipinski definition) is 8. The van der Waals surface area contributed by atoms with Crippen LogP contribution in [0.15, 0.2) is 42.9 Å².